The zero-order chi connectivity index (χ0) is 33.4. The van der Waals surface area contributed by atoms with Gasteiger partial charge in [-0.1, -0.05) is 106 Å². The summed E-state index contributed by atoms with van der Waals surface area (Å²) in [7, 11) is -4.26. The van der Waals surface area contributed by atoms with Crippen LogP contribution in [0, 0.1) is 6.92 Å². The van der Waals surface area contributed by atoms with Crippen molar-refractivity contribution in [1.29, 1.82) is 0 Å². The van der Waals surface area contributed by atoms with Gasteiger partial charge >= 0.3 is 0 Å². The Morgan fingerprint density at radius 1 is 0.870 bits per heavy atom. The van der Waals surface area contributed by atoms with E-state index in [0.29, 0.717) is 6.42 Å². The molecule has 0 saturated heterocycles. The first-order chi connectivity index (χ1) is 21.9. The molecule has 0 heterocycles. The van der Waals surface area contributed by atoms with Crippen LogP contribution in [0.5, 0.6) is 0 Å². The van der Waals surface area contributed by atoms with E-state index >= 15 is 0 Å². The number of sulfonamides is 1. The molecule has 0 saturated carbocycles. The fourth-order valence-electron chi connectivity index (χ4n) is 4.83. The van der Waals surface area contributed by atoms with Crippen molar-refractivity contribution in [3.63, 3.8) is 0 Å². The molecule has 0 aliphatic rings. The predicted octanol–water partition coefficient (Wildman–Crippen LogP) is 7.81. The first-order valence-electron chi connectivity index (χ1n) is 14.8. The molecule has 0 unspecified atom stereocenters. The SMILES string of the molecule is CC[C@@H](C)NC(=O)[C@@H](Cc1ccccc1)N(Cc1cccc(Br)c1)C(=O)CN(c1ccc(Cl)c(Cl)c1)S(=O)(=O)c1ccc(C)cc1. The summed E-state index contributed by atoms with van der Waals surface area (Å²) in [4.78, 5) is 30.0. The minimum Gasteiger partial charge on any atom is -0.352 e. The minimum atomic E-state index is -4.26. The number of carbonyl (C=O) groups is 2. The van der Waals surface area contributed by atoms with Crippen molar-refractivity contribution in [3.8, 4) is 0 Å². The number of rotatable bonds is 13. The van der Waals surface area contributed by atoms with Crippen molar-refractivity contribution in [2.75, 3.05) is 10.8 Å². The molecule has 11 heteroatoms. The number of hydrogen-bond acceptors (Lipinski definition) is 4. The van der Waals surface area contributed by atoms with Gasteiger partial charge in [0.2, 0.25) is 11.8 Å². The van der Waals surface area contributed by atoms with Gasteiger partial charge in [0.1, 0.15) is 12.6 Å². The average molecular weight is 746 g/mol. The molecule has 4 aromatic rings. The maximum Gasteiger partial charge on any atom is 0.264 e. The standard InChI is InChI=1S/C35H36BrCl2N3O4S/c1-4-25(3)39-35(43)33(20-26-9-6-5-7-10-26)40(22-27-11-8-12-28(36)19-27)34(42)23-41(29-15-18-31(37)32(38)21-29)46(44,45)30-16-13-24(2)14-17-30/h5-19,21,25,33H,4,20,22-23H2,1-3H3,(H,39,43)/t25-,33-/m1/s1. The van der Waals surface area contributed by atoms with E-state index in [0.717, 1.165) is 25.5 Å². The maximum atomic E-state index is 14.6. The predicted molar refractivity (Wildman–Crippen MR) is 189 cm³/mol. The molecule has 0 spiro atoms. The molecule has 1 N–H and O–H groups in total. The van der Waals surface area contributed by atoms with Gasteiger partial charge in [0.15, 0.2) is 0 Å². The largest absolute Gasteiger partial charge is 0.352 e. The average Bonchev–Trinajstić information content (AvgIpc) is 3.03. The topological polar surface area (TPSA) is 86.8 Å². The Morgan fingerprint density at radius 3 is 2.17 bits per heavy atom. The molecule has 46 heavy (non-hydrogen) atoms. The lowest BCUT2D eigenvalue weighted by atomic mass is 10.0. The quantitative estimate of drug-likeness (QED) is 0.151. The molecular weight excluding hydrogens is 709 g/mol. The van der Waals surface area contributed by atoms with Crippen LogP contribution >= 0.6 is 39.1 Å². The molecule has 4 aromatic carbocycles. The lowest BCUT2D eigenvalue weighted by Crippen LogP contribution is -2.54. The molecule has 0 aliphatic heterocycles. The van der Waals surface area contributed by atoms with Gasteiger partial charge < -0.3 is 10.2 Å². The van der Waals surface area contributed by atoms with E-state index in [9.17, 15) is 18.0 Å². The first kappa shape index (κ1) is 35.5. The lowest BCUT2D eigenvalue weighted by molar-refractivity contribution is -0.140. The number of benzene rings is 4. The van der Waals surface area contributed by atoms with Crippen LogP contribution in [0.2, 0.25) is 10.0 Å². The van der Waals surface area contributed by atoms with E-state index in [4.69, 9.17) is 23.2 Å². The lowest BCUT2D eigenvalue weighted by Gasteiger charge is -2.34. The molecule has 0 bridgehead atoms. The van der Waals surface area contributed by atoms with Crippen molar-refractivity contribution in [2.45, 2.75) is 57.1 Å². The number of aryl methyl sites for hydroxylation is 1. The van der Waals surface area contributed by atoms with E-state index < -0.39 is 28.5 Å². The molecule has 0 fully saturated rings. The highest BCUT2D eigenvalue weighted by molar-refractivity contribution is 9.10. The zero-order valence-electron chi connectivity index (χ0n) is 25.8. The van der Waals surface area contributed by atoms with Crippen LogP contribution in [0.25, 0.3) is 0 Å². The maximum absolute atomic E-state index is 14.6. The van der Waals surface area contributed by atoms with Crippen LogP contribution in [0.1, 0.15) is 37.0 Å². The molecule has 2 amide bonds. The minimum absolute atomic E-state index is 0.00543. The zero-order valence-corrected chi connectivity index (χ0v) is 29.7. The third kappa shape index (κ3) is 9.12. The summed E-state index contributed by atoms with van der Waals surface area (Å²) in [6, 6.07) is 26.6. The molecule has 4 rings (SSSR count). The van der Waals surface area contributed by atoms with Gasteiger partial charge in [-0.05, 0) is 73.9 Å². The summed E-state index contributed by atoms with van der Waals surface area (Å²) in [5.74, 6) is -0.897. The van der Waals surface area contributed by atoms with Gasteiger partial charge in [0, 0.05) is 23.5 Å². The van der Waals surface area contributed by atoms with Crippen molar-refractivity contribution < 1.29 is 18.0 Å². The second-order valence-electron chi connectivity index (χ2n) is 11.1. The monoisotopic (exact) mass is 743 g/mol. The highest BCUT2D eigenvalue weighted by atomic mass is 79.9. The number of hydrogen-bond donors (Lipinski definition) is 1. The van der Waals surface area contributed by atoms with Gasteiger partial charge in [-0.3, -0.25) is 13.9 Å². The Balaban J connectivity index is 1.83. The van der Waals surface area contributed by atoms with E-state index in [-0.39, 0.29) is 45.5 Å². The van der Waals surface area contributed by atoms with E-state index in [1.807, 2.05) is 75.4 Å². The first-order valence-corrected chi connectivity index (χ1v) is 17.8. The van der Waals surface area contributed by atoms with Gasteiger partial charge in [0.05, 0.1) is 20.6 Å². The second-order valence-corrected chi connectivity index (χ2v) is 14.7. The van der Waals surface area contributed by atoms with Crippen LogP contribution in [0.3, 0.4) is 0 Å². The van der Waals surface area contributed by atoms with E-state index in [1.54, 1.807) is 12.1 Å². The number of carbonyl (C=O) groups excluding carboxylic acids is 2. The fourth-order valence-corrected chi connectivity index (χ4v) is 6.98. The van der Waals surface area contributed by atoms with Crippen molar-refractivity contribution in [2.24, 2.45) is 0 Å². The molecule has 242 valence electrons. The Kier molecular flexibility index (Phi) is 12.3. The highest BCUT2D eigenvalue weighted by Crippen LogP contribution is 2.31. The molecule has 0 aromatic heterocycles. The summed E-state index contributed by atoms with van der Waals surface area (Å²) in [5.41, 5.74) is 2.66. The Morgan fingerprint density at radius 2 is 1.54 bits per heavy atom. The third-order valence-electron chi connectivity index (χ3n) is 7.59. The Labute approximate surface area is 289 Å². The Hall–Kier alpha value is -3.37. The third-order valence-corrected chi connectivity index (χ3v) is 10.6. The fraction of sp³-hybridized carbons (Fsp3) is 0.257. The van der Waals surface area contributed by atoms with Crippen LogP contribution in [-0.2, 0) is 32.6 Å². The smallest absolute Gasteiger partial charge is 0.264 e. The van der Waals surface area contributed by atoms with Crippen LogP contribution in [0.4, 0.5) is 5.69 Å². The number of halogens is 3. The number of nitrogens with one attached hydrogen (secondary N) is 1. The van der Waals surface area contributed by atoms with E-state index in [1.165, 1.54) is 35.2 Å². The summed E-state index contributed by atoms with van der Waals surface area (Å²) in [6.45, 7) is 5.19. The molecule has 0 radical (unpaired) electrons. The summed E-state index contributed by atoms with van der Waals surface area (Å²) < 4.78 is 30.2. The van der Waals surface area contributed by atoms with Crippen LogP contribution < -0.4 is 9.62 Å². The van der Waals surface area contributed by atoms with Gasteiger partial charge in [-0.2, -0.15) is 0 Å². The normalized spacial score (nSPS) is 12.7. The molecular formula is C35H36BrCl2N3O4S. The summed E-state index contributed by atoms with van der Waals surface area (Å²) in [6.07, 6.45) is 0.920. The number of nitrogens with zero attached hydrogens (tertiary/aromatic N) is 2. The molecule has 7 nitrogen and oxygen atoms in total. The van der Waals surface area contributed by atoms with Crippen molar-refractivity contribution >= 4 is 66.7 Å². The van der Waals surface area contributed by atoms with Crippen molar-refractivity contribution in [3.05, 3.63) is 128 Å². The van der Waals surface area contributed by atoms with Gasteiger partial charge in [0.25, 0.3) is 10.0 Å². The van der Waals surface area contributed by atoms with Gasteiger partial charge in [-0.25, -0.2) is 8.42 Å². The molecule has 2 atom stereocenters. The van der Waals surface area contributed by atoms with E-state index in [2.05, 4.69) is 21.2 Å². The summed E-state index contributed by atoms with van der Waals surface area (Å²) >= 11 is 16.0. The second kappa shape index (κ2) is 16.0. The van der Waals surface area contributed by atoms with Crippen LogP contribution in [-0.4, -0.2) is 43.8 Å². The number of anilines is 1. The highest BCUT2D eigenvalue weighted by Gasteiger charge is 2.35. The molecule has 0 aliphatic carbocycles. The van der Waals surface area contributed by atoms with Gasteiger partial charge in [-0.15, -0.1) is 0 Å². The van der Waals surface area contributed by atoms with Crippen molar-refractivity contribution in [1.82, 2.24) is 10.2 Å². The number of amides is 2. The Bertz CT molecular complexity index is 1770. The van der Waals surface area contributed by atoms with Crippen LogP contribution in [0.15, 0.2) is 106 Å². The summed E-state index contributed by atoms with van der Waals surface area (Å²) in [5, 5.41) is 3.41.